The van der Waals surface area contributed by atoms with Crippen LogP contribution in [0.3, 0.4) is 0 Å². The number of carbonyl (C=O) groups excluding carboxylic acids is 1. The predicted molar refractivity (Wildman–Crippen MR) is 105 cm³/mol. The molecule has 1 amide bonds. The topological polar surface area (TPSA) is 69.7 Å². The van der Waals surface area contributed by atoms with Crippen molar-refractivity contribution in [2.24, 2.45) is 0 Å². The monoisotopic (exact) mass is 441 g/mol. The first-order valence-corrected chi connectivity index (χ1v) is 10.8. The van der Waals surface area contributed by atoms with Crippen LogP contribution in [-0.2, 0) is 14.8 Å². The van der Waals surface area contributed by atoms with E-state index in [0.717, 1.165) is 17.7 Å². The lowest BCUT2D eigenvalue weighted by Crippen LogP contribution is -2.51. The zero-order valence-corrected chi connectivity index (χ0v) is 17.1. The molecule has 0 spiro atoms. The van der Waals surface area contributed by atoms with Gasteiger partial charge in [0.15, 0.2) is 11.6 Å². The van der Waals surface area contributed by atoms with Crippen LogP contribution in [0.15, 0.2) is 47.4 Å². The molecule has 0 unspecified atom stereocenters. The molecule has 3 rings (SSSR count). The van der Waals surface area contributed by atoms with Gasteiger partial charge in [0.25, 0.3) is 0 Å². The second kappa shape index (κ2) is 9.15. The maximum absolute atomic E-state index is 13.4. The van der Waals surface area contributed by atoms with Gasteiger partial charge in [0.2, 0.25) is 15.9 Å². The van der Waals surface area contributed by atoms with Gasteiger partial charge in [0.1, 0.15) is 5.82 Å². The van der Waals surface area contributed by atoms with Crippen molar-refractivity contribution in [1.82, 2.24) is 14.5 Å². The highest BCUT2D eigenvalue weighted by molar-refractivity contribution is 7.89. The SMILES string of the molecule is C[C@@H](NC(=O)CN1CCN(S(=O)(=O)c2ccc(F)c(F)c2)CC1)c1ccc(F)cc1. The van der Waals surface area contributed by atoms with Crippen LogP contribution in [0.4, 0.5) is 13.2 Å². The van der Waals surface area contributed by atoms with Crippen molar-refractivity contribution in [3.8, 4) is 0 Å². The summed E-state index contributed by atoms with van der Waals surface area (Å²) in [6.07, 6.45) is 0. The van der Waals surface area contributed by atoms with Crippen LogP contribution < -0.4 is 5.32 Å². The lowest BCUT2D eigenvalue weighted by molar-refractivity contribution is -0.123. The van der Waals surface area contributed by atoms with Gasteiger partial charge in [-0.3, -0.25) is 9.69 Å². The standard InChI is InChI=1S/C20H22F3N3O3S/c1-14(15-2-4-16(21)5-3-15)24-20(27)13-25-8-10-26(11-9-25)30(28,29)17-6-7-18(22)19(23)12-17/h2-7,12,14H,8-11,13H2,1H3,(H,24,27)/t14-/m1/s1. The van der Waals surface area contributed by atoms with Crippen LogP contribution in [0.25, 0.3) is 0 Å². The molecule has 0 saturated carbocycles. The van der Waals surface area contributed by atoms with Gasteiger partial charge in [-0.05, 0) is 42.8 Å². The molecule has 1 saturated heterocycles. The molecule has 1 fully saturated rings. The van der Waals surface area contributed by atoms with Crippen molar-refractivity contribution in [2.45, 2.75) is 17.9 Å². The van der Waals surface area contributed by atoms with Gasteiger partial charge >= 0.3 is 0 Å². The van der Waals surface area contributed by atoms with Crippen molar-refractivity contribution in [1.29, 1.82) is 0 Å². The van der Waals surface area contributed by atoms with Crippen LogP contribution in [0.2, 0.25) is 0 Å². The number of hydrogen-bond donors (Lipinski definition) is 1. The summed E-state index contributed by atoms with van der Waals surface area (Å²) >= 11 is 0. The van der Waals surface area contributed by atoms with E-state index in [1.54, 1.807) is 19.1 Å². The third-order valence-corrected chi connectivity index (χ3v) is 6.87. The van der Waals surface area contributed by atoms with Gasteiger partial charge < -0.3 is 5.32 Å². The summed E-state index contributed by atoms with van der Waals surface area (Å²) in [5.41, 5.74) is 0.771. The molecule has 10 heteroatoms. The maximum atomic E-state index is 13.4. The molecule has 6 nitrogen and oxygen atoms in total. The second-order valence-electron chi connectivity index (χ2n) is 7.10. The lowest BCUT2D eigenvalue weighted by atomic mass is 10.1. The first-order chi connectivity index (χ1) is 14.2. The third kappa shape index (κ3) is 5.18. The van der Waals surface area contributed by atoms with Gasteiger partial charge in [-0.25, -0.2) is 21.6 Å². The fourth-order valence-corrected chi connectivity index (χ4v) is 4.67. The van der Waals surface area contributed by atoms with E-state index < -0.39 is 21.7 Å². The average molecular weight is 441 g/mol. The van der Waals surface area contributed by atoms with E-state index in [-0.39, 0.29) is 42.3 Å². The first-order valence-electron chi connectivity index (χ1n) is 9.39. The number of nitrogens with one attached hydrogen (secondary N) is 1. The molecular weight excluding hydrogens is 419 g/mol. The van der Waals surface area contributed by atoms with Crippen molar-refractivity contribution >= 4 is 15.9 Å². The highest BCUT2D eigenvalue weighted by atomic mass is 32.2. The Hall–Kier alpha value is -2.43. The zero-order chi connectivity index (χ0) is 21.9. The summed E-state index contributed by atoms with van der Waals surface area (Å²) in [5.74, 6) is -2.92. The minimum atomic E-state index is -3.94. The smallest absolute Gasteiger partial charge is 0.243 e. The van der Waals surface area contributed by atoms with Gasteiger partial charge in [-0.2, -0.15) is 4.31 Å². The third-order valence-electron chi connectivity index (χ3n) is 4.97. The summed E-state index contributed by atoms with van der Waals surface area (Å²) < 4.78 is 65.9. The molecule has 1 aliphatic rings. The average Bonchev–Trinajstić information content (AvgIpc) is 2.70. The molecule has 30 heavy (non-hydrogen) atoms. The molecule has 2 aromatic carbocycles. The number of hydrogen-bond acceptors (Lipinski definition) is 4. The van der Waals surface area contributed by atoms with Crippen molar-refractivity contribution in [3.05, 3.63) is 65.5 Å². The largest absolute Gasteiger partial charge is 0.348 e. The number of sulfonamides is 1. The number of halogens is 3. The number of nitrogens with zero attached hydrogens (tertiary/aromatic N) is 2. The van der Waals surface area contributed by atoms with Gasteiger partial charge in [-0.1, -0.05) is 12.1 Å². The molecule has 1 atom stereocenters. The Bertz CT molecular complexity index is 1010. The van der Waals surface area contributed by atoms with Crippen LogP contribution in [0.5, 0.6) is 0 Å². The summed E-state index contributed by atoms with van der Waals surface area (Å²) in [6, 6.07) is 8.03. The summed E-state index contributed by atoms with van der Waals surface area (Å²) in [5, 5.41) is 2.83. The minimum absolute atomic E-state index is 0.0879. The summed E-state index contributed by atoms with van der Waals surface area (Å²) in [4.78, 5) is 13.8. The van der Waals surface area contributed by atoms with E-state index in [2.05, 4.69) is 5.32 Å². The quantitative estimate of drug-likeness (QED) is 0.747. The van der Waals surface area contributed by atoms with Crippen LogP contribution >= 0.6 is 0 Å². The molecule has 0 aromatic heterocycles. The van der Waals surface area contributed by atoms with Gasteiger partial charge in [0.05, 0.1) is 17.5 Å². The number of piperazine rings is 1. The minimum Gasteiger partial charge on any atom is -0.348 e. The molecule has 0 bridgehead atoms. The van der Waals surface area contributed by atoms with Crippen LogP contribution in [0, 0.1) is 17.5 Å². The lowest BCUT2D eigenvalue weighted by Gasteiger charge is -2.33. The van der Waals surface area contributed by atoms with Crippen molar-refractivity contribution in [2.75, 3.05) is 32.7 Å². The Morgan fingerprint density at radius 1 is 1.00 bits per heavy atom. The molecule has 1 aliphatic heterocycles. The number of rotatable bonds is 6. The molecule has 1 heterocycles. The van der Waals surface area contributed by atoms with E-state index in [4.69, 9.17) is 0 Å². The normalized spacial score (nSPS) is 16.9. The second-order valence-corrected chi connectivity index (χ2v) is 9.03. The summed E-state index contributed by atoms with van der Waals surface area (Å²) in [6.45, 7) is 2.77. The van der Waals surface area contributed by atoms with Gasteiger partial charge in [-0.15, -0.1) is 0 Å². The highest BCUT2D eigenvalue weighted by Gasteiger charge is 2.29. The Balaban J connectivity index is 1.53. The number of carbonyl (C=O) groups is 1. The zero-order valence-electron chi connectivity index (χ0n) is 16.3. The molecule has 0 radical (unpaired) electrons. The Morgan fingerprint density at radius 2 is 1.63 bits per heavy atom. The summed E-state index contributed by atoms with van der Waals surface area (Å²) in [7, 11) is -3.94. The van der Waals surface area contributed by atoms with E-state index >= 15 is 0 Å². The fraction of sp³-hybridized carbons (Fsp3) is 0.350. The van der Waals surface area contributed by atoms with Gasteiger partial charge in [0, 0.05) is 26.2 Å². The van der Waals surface area contributed by atoms with Crippen LogP contribution in [-0.4, -0.2) is 56.3 Å². The first kappa shape index (κ1) is 22.3. The number of amides is 1. The Labute approximate surface area is 173 Å². The van der Waals surface area contributed by atoms with E-state index in [1.165, 1.54) is 16.4 Å². The maximum Gasteiger partial charge on any atom is 0.243 e. The molecule has 1 N–H and O–H groups in total. The Kier molecular flexibility index (Phi) is 6.79. The molecule has 2 aromatic rings. The van der Waals surface area contributed by atoms with Crippen LogP contribution in [0.1, 0.15) is 18.5 Å². The highest BCUT2D eigenvalue weighted by Crippen LogP contribution is 2.20. The Morgan fingerprint density at radius 3 is 2.23 bits per heavy atom. The van der Waals surface area contributed by atoms with E-state index in [9.17, 15) is 26.4 Å². The molecule has 162 valence electrons. The molecule has 0 aliphatic carbocycles. The van der Waals surface area contributed by atoms with Crippen molar-refractivity contribution < 1.29 is 26.4 Å². The number of benzene rings is 2. The van der Waals surface area contributed by atoms with E-state index in [1.807, 2.05) is 4.90 Å². The van der Waals surface area contributed by atoms with E-state index in [0.29, 0.717) is 19.2 Å². The predicted octanol–water partition coefficient (Wildman–Crippen LogP) is 2.29. The van der Waals surface area contributed by atoms with Crippen molar-refractivity contribution in [3.63, 3.8) is 0 Å². The molecular formula is C20H22F3N3O3S. The fourth-order valence-electron chi connectivity index (χ4n) is 3.24.